The normalized spacial score (nSPS) is 11.0. The Morgan fingerprint density at radius 2 is 2.00 bits per heavy atom. The average Bonchev–Trinajstić information content (AvgIpc) is 3.06. The van der Waals surface area contributed by atoms with Crippen LogP contribution in [0.15, 0.2) is 48.7 Å². The maximum atomic E-state index is 5.30. The highest BCUT2D eigenvalue weighted by Crippen LogP contribution is 2.31. The number of H-pyrrole nitrogens is 1. The zero-order valence-corrected chi connectivity index (χ0v) is 11.9. The first-order chi connectivity index (χ1) is 10.8. The molecule has 2 N–H and O–H groups in total. The number of ether oxygens (including phenoxy) is 1. The van der Waals surface area contributed by atoms with E-state index in [1.165, 1.54) is 0 Å². The number of fused-ring (bicyclic) bond motifs is 3. The quantitative estimate of drug-likeness (QED) is 0.604. The highest BCUT2D eigenvalue weighted by molar-refractivity contribution is 6.09. The Balaban J connectivity index is 1.92. The molecule has 5 nitrogen and oxygen atoms in total. The summed E-state index contributed by atoms with van der Waals surface area (Å²) >= 11 is 0. The van der Waals surface area contributed by atoms with Gasteiger partial charge in [0.2, 0.25) is 0 Å². The first kappa shape index (κ1) is 12.6. The minimum Gasteiger partial charge on any atom is -0.497 e. The number of anilines is 2. The summed E-state index contributed by atoms with van der Waals surface area (Å²) in [5, 5.41) is 12.6. The van der Waals surface area contributed by atoms with Crippen LogP contribution < -0.4 is 10.1 Å². The second-order valence-corrected chi connectivity index (χ2v) is 4.90. The molecule has 4 aromatic rings. The van der Waals surface area contributed by atoms with Crippen LogP contribution in [0.25, 0.3) is 21.8 Å². The molecule has 0 saturated carbocycles. The molecule has 0 spiro atoms. The summed E-state index contributed by atoms with van der Waals surface area (Å²) in [6, 6.07) is 16.4. The van der Waals surface area contributed by atoms with Crippen molar-refractivity contribution in [2.75, 3.05) is 12.4 Å². The van der Waals surface area contributed by atoms with Gasteiger partial charge in [0, 0.05) is 22.7 Å². The first-order valence-electron chi connectivity index (χ1n) is 6.89. The number of nitrogens with zero attached hydrogens (tertiary/aromatic N) is 2. The second kappa shape index (κ2) is 5.04. The minimum atomic E-state index is 0.722. The van der Waals surface area contributed by atoms with E-state index >= 15 is 0 Å². The zero-order valence-electron chi connectivity index (χ0n) is 11.9. The lowest BCUT2D eigenvalue weighted by atomic mass is 10.1. The van der Waals surface area contributed by atoms with Gasteiger partial charge in [0.25, 0.3) is 0 Å². The maximum Gasteiger partial charge on any atom is 0.159 e. The van der Waals surface area contributed by atoms with Crippen molar-refractivity contribution in [3.63, 3.8) is 0 Å². The van der Waals surface area contributed by atoms with Gasteiger partial charge in [-0.3, -0.25) is 5.10 Å². The zero-order chi connectivity index (χ0) is 14.9. The third kappa shape index (κ3) is 2.03. The van der Waals surface area contributed by atoms with Crippen molar-refractivity contribution in [1.82, 2.24) is 15.2 Å². The summed E-state index contributed by atoms with van der Waals surface area (Å²) in [4.78, 5) is 4.69. The van der Waals surface area contributed by atoms with Crippen molar-refractivity contribution in [2.45, 2.75) is 0 Å². The predicted molar refractivity (Wildman–Crippen MR) is 86.5 cm³/mol. The molecule has 0 fully saturated rings. The van der Waals surface area contributed by atoms with Gasteiger partial charge in [-0.1, -0.05) is 12.1 Å². The van der Waals surface area contributed by atoms with E-state index in [0.717, 1.165) is 39.1 Å². The third-order valence-electron chi connectivity index (χ3n) is 3.57. The Morgan fingerprint density at radius 1 is 1.14 bits per heavy atom. The summed E-state index contributed by atoms with van der Waals surface area (Å²) < 4.78 is 5.30. The Labute approximate surface area is 126 Å². The molecule has 2 heterocycles. The molecular formula is C17H13N4O. The fourth-order valence-corrected chi connectivity index (χ4v) is 2.50. The van der Waals surface area contributed by atoms with Gasteiger partial charge in [-0.15, -0.1) is 0 Å². The van der Waals surface area contributed by atoms with Gasteiger partial charge in [-0.05, 0) is 36.4 Å². The lowest BCUT2D eigenvalue weighted by molar-refractivity contribution is 0.415. The van der Waals surface area contributed by atoms with Gasteiger partial charge in [-0.2, -0.15) is 5.10 Å². The highest BCUT2D eigenvalue weighted by atomic mass is 16.5. The van der Waals surface area contributed by atoms with Gasteiger partial charge in [0.1, 0.15) is 11.3 Å². The highest BCUT2D eigenvalue weighted by Gasteiger charge is 2.11. The van der Waals surface area contributed by atoms with Crippen LogP contribution in [0.4, 0.5) is 11.5 Å². The summed E-state index contributed by atoms with van der Waals surface area (Å²) in [5.41, 5.74) is 2.64. The molecule has 5 heteroatoms. The average molecular weight is 289 g/mol. The molecule has 4 rings (SSSR count). The predicted octanol–water partition coefficient (Wildman–Crippen LogP) is 3.66. The second-order valence-electron chi connectivity index (χ2n) is 4.90. The van der Waals surface area contributed by atoms with Crippen molar-refractivity contribution in [1.29, 1.82) is 0 Å². The van der Waals surface area contributed by atoms with E-state index in [2.05, 4.69) is 26.6 Å². The molecule has 0 amide bonds. The van der Waals surface area contributed by atoms with E-state index in [-0.39, 0.29) is 0 Å². The summed E-state index contributed by atoms with van der Waals surface area (Å²) in [7, 11) is 1.66. The monoisotopic (exact) mass is 289 g/mol. The standard InChI is InChI=1S/C17H13N4O/c1-22-12-7-8-15-13(9-12)14-10-18-21-16(14)17(20-15)19-11-5-3-2-4-6-11/h3-10H,1H3,(H,18,21)(H,19,20). The topological polar surface area (TPSA) is 62.8 Å². The number of benzene rings is 2. The Hall–Kier alpha value is -3.08. The van der Waals surface area contributed by atoms with Crippen LogP contribution in [-0.4, -0.2) is 22.3 Å². The number of rotatable bonds is 3. The van der Waals surface area contributed by atoms with Crippen LogP contribution >= 0.6 is 0 Å². The van der Waals surface area contributed by atoms with Crippen LogP contribution in [0.5, 0.6) is 5.75 Å². The maximum absolute atomic E-state index is 5.30. The van der Waals surface area contributed by atoms with E-state index in [4.69, 9.17) is 4.74 Å². The van der Waals surface area contributed by atoms with Gasteiger partial charge >= 0.3 is 0 Å². The molecule has 0 aliphatic carbocycles. The number of methoxy groups -OCH3 is 1. The molecule has 0 aliphatic heterocycles. The number of nitrogens with one attached hydrogen (secondary N) is 2. The molecule has 0 unspecified atom stereocenters. The number of aromatic amines is 1. The first-order valence-corrected chi connectivity index (χ1v) is 6.89. The molecule has 0 saturated heterocycles. The lowest BCUT2D eigenvalue weighted by Gasteiger charge is -2.09. The minimum absolute atomic E-state index is 0.722. The van der Waals surface area contributed by atoms with Crippen molar-refractivity contribution >= 4 is 33.3 Å². The van der Waals surface area contributed by atoms with Crippen molar-refractivity contribution in [2.24, 2.45) is 0 Å². The largest absolute Gasteiger partial charge is 0.497 e. The van der Waals surface area contributed by atoms with E-state index < -0.39 is 0 Å². The Bertz CT molecular complexity index is 947. The number of hydrogen-bond acceptors (Lipinski definition) is 4. The fraction of sp³-hybridized carbons (Fsp3) is 0.0588. The lowest BCUT2D eigenvalue weighted by Crippen LogP contribution is -1.96. The van der Waals surface area contributed by atoms with Crippen LogP contribution in [-0.2, 0) is 0 Å². The SMILES string of the molecule is COc1ccc2nc(Nc3cc[c]cc3)c3n[nH]cc3c2c1. The molecule has 2 aromatic carbocycles. The molecule has 22 heavy (non-hydrogen) atoms. The Morgan fingerprint density at radius 3 is 2.82 bits per heavy atom. The fourth-order valence-electron chi connectivity index (χ4n) is 2.50. The van der Waals surface area contributed by atoms with Gasteiger partial charge in [-0.25, -0.2) is 4.98 Å². The van der Waals surface area contributed by atoms with Gasteiger partial charge in [0.05, 0.1) is 12.6 Å². The molecule has 2 aromatic heterocycles. The van der Waals surface area contributed by atoms with Crippen molar-refractivity contribution < 1.29 is 4.74 Å². The van der Waals surface area contributed by atoms with E-state index in [1.54, 1.807) is 7.11 Å². The van der Waals surface area contributed by atoms with E-state index in [9.17, 15) is 0 Å². The number of hydrogen-bond donors (Lipinski definition) is 2. The Kier molecular flexibility index (Phi) is 2.89. The van der Waals surface area contributed by atoms with Gasteiger partial charge < -0.3 is 10.1 Å². The van der Waals surface area contributed by atoms with Crippen LogP contribution in [0.1, 0.15) is 0 Å². The number of pyridine rings is 1. The summed E-state index contributed by atoms with van der Waals surface area (Å²) in [5.74, 6) is 1.52. The van der Waals surface area contributed by atoms with Crippen molar-refractivity contribution in [3.8, 4) is 5.75 Å². The smallest absolute Gasteiger partial charge is 0.159 e. The van der Waals surface area contributed by atoms with E-state index in [0.29, 0.717) is 0 Å². The number of aromatic nitrogens is 3. The molecule has 0 aliphatic rings. The summed E-state index contributed by atoms with van der Waals surface area (Å²) in [6.07, 6.45) is 1.88. The van der Waals surface area contributed by atoms with Crippen molar-refractivity contribution in [3.05, 3.63) is 54.7 Å². The summed E-state index contributed by atoms with van der Waals surface area (Å²) in [6.45, 7) is 0. The van der Waals surface area contributed by atoms with E-state index in [1.807, 2.05) is 48.7 Å². The third-order valence-corrected chi connectivity index (χ3v) is 3.57. The molecule has 0 bridgehead atoms. The van der Waals surface area contributed by atoms with Gasteiger partial charge in [0.15, 0.2) is 5.82 Å². The van der Waals surface area contributed by atoms with Crippen LogP contribution in [0.3, 0.4) is 0 Å². The molecular weight excluding hydrogens is 276 g/mol. The molecule has 1 radical (unpaired) electrons. The molecule has 107 valence electrons. The molecule has 0 atom stereocenters. The van der Waals surface area contributed by atoms with Crippen LogP contribution in [0, 0.1) is 6.07 Å². The van der Waals surface area contributed by atoms with Crippen LogP contribution in [0.2, 0.25) is 0 Å².